The van der Waals surface area contributed by atoms with Gasteiger partial charge in [0.1, 0.15) is 0 Å². The van der Waals surface area contributed by atoms with Gasteiger partial charge in [0.05, 0.1) is 13.1 Å². The van der Waals surface area contributed by atoms with Crippen LogP contribution >= 0.6 is 0 Å². The van der Waals surface area contributed by atoms with Crippen molar-refractivity contribution < 1.29 is 14.7 Å². The lowest BCUT2D eigenvalue weighted by Crippen LogP contribution is -2.46. The number of carbonyl (C=O) groups excluding carboxylic acids is 1. The molecule has 1 N–H and O–H groups in total. The van der Waals surface area contributed by atoms with Gasteiger partial charge in [-0.3, -0.25) is 14.5 Å². The smallest absolute Gasteiger partial charge is 0.317 e. The molecule has 1 aliphatic carbocycles. The number of amides is 1. The molecule has 1 amide bonds. The molecule has 0 bridgehead atoms. The first-order valence-electron chi connectivity index (χ1n) is 7.82. The summed E-state index contributed by atoms with van der Waals surface area (Å²) in [6, 6.07) is 0.264. The number of nitrogens with zero attached hydrogens (tertiary/aromatic N) is 2. The van der Waals surface area contributed by atoms with Crippen molar-refractivity contribution in [2.45, 2.75) is 58.4 Å². The lowest BCUT2D eigenvalue weighted by molar-refractivity contribution is -0.140. The zero-order valence-corrected chi connectivity index (χ0v) is 12.8. The van der Waals surface area contributed by atoms with Gasteiger partial charge in [-0.15, -0.1) is 0 Å². The summed E-state index contributed by atoms with van der Waals surface area (Å²) in [6.07, 6.45) is 6.19. The van der Waals surface area contributed by atoms with Crippen LogP contribution in [0.2, 0.25) is 0 Å². The monoisotopic (exact) mass is 284 g/mol. The Morgan fingerprint density at radius 3 is 2.05 bits per heavy atom. The fourth-order valence-corrected chi connectivity index (χ4v) is 2.93. The maximum Gasteiger partial charge on any atom is 0.317 e. The van der Waals surface area contributed by atoms with E-state index in [9.17, 15) is 9.59 Å². The molecule has 5 nitrogen and oxygen atoms in total. The number of hydrogen-bond acceptors (Lipinski definition) is 3. The summed E-state index contributed by atoms with van der Waals surface area (Å²) in [5.74, 6) is -0.774. The fraction of sp³-hybridized carbons (Fsp3) is 0.867. The third-order valence-corrected chi connectivity index (χ3v) is 3.86. The van der Waals surface area contributed by atoms with Gasteiger partial charge in [-0.1, -0.05) is 26.7 Å². The molecule has 0 heterocycles. The first-order chi connectivity index (χ1) is 9.58. The molecule has 0 aromatic carbocycles. The Kier molecular flexibility index (Phi) is 7.59. The normalized spacial score (nSPS) is 15.8. The van der Waals surface area contributed by atoms with Crippen molar-refractivity contribution in [2.24, 2.45) is 0 Å². The summed E-state index contributed by atoms with van der Waals surface area (Å²) in [4.78, 5) is 27.1. The average Bonchev–Trinajstić information content (AvgIpc) is 2.91. The van der Waals surface area contributed by atoms with E-state index in [1.165, 1.54) is 0 Å². The summed E-state index contributed by atoms with van der Waals surface area (Å²) in [5.41, 5.74) is 0. The first kappa shape index (κ1) is 17.0. The first-order valence-corrected chi connectivity index (χ1v) is 7.82. The molecule has 0 radical (unpaired) electrons. The third-order valence-electron chi connectivity index (χ3n) is 3.86. The van der Waals surface area contributed by atoms with Gasteiger partial charge >= 0.3 is 5.97 Å². The Labute approximate surface area is 121 Å². The average molecular weight is 284 g/mol. The van der Waals surface area contributed by atoms with Crippen LogP contribution in [0.25, 0.3) is 0 Å². The van der Waals surface area contributed by atoms with Gasteiger partial charge in [0.25, 0.3) is 0 Å². The number of carboxylic acids is 1. The van der Waals surface area contributed by atoms with E-state index in [2.05, 4.69) is 13.8 Å². The predicted molar refractivity (Wildman–Crippen MR) is 78.6 cm³/mol. The van der Waals surface area contributed by atoms with Crippen LogP contribution in [0.15, 0.2) is 0 Å². The van der Waals surface area contributed by atoms with Crippen molar-refractivity contribution in [3.05, 3.63) is 0 Å². The van der Waals surface area contributed by atoms with E-state index in [0.717, 1.165) is 51.6 Å². The van der Waals surface area contributed by atoms with E-state index in [-0.39, 0.29) is 25.0 Å². The van der Waals surface area contributed by atoms with Crippen LogP contribution < -0.4 is 0 Å². The molecule has 0 spiro atoms. The molecule has 1 saturated carbocycles. The Morgan fingerprint density at radius 2 is 1.60 bits per heavy atom. The van der Waals surface area contributed by atoms with Crippen LogP contribution in [-0.4, -0.2) is 59.0 Å². The van der Waals surface area contributed by atoms with Crippen LogP contribution in [0.4, 0.5) is 0 Å². The van der Waals surface area contributed by atoms with Gasteiger partial charge < -0.3 is 10.0 Å². The minimum atomic E-state index is -0.845. The molecule has 0 atom stereocenters. The lowest BCUT2D eigenvalue weighted by atomic mass is 10.2. The van der Waals surface area contributed by atoms with Crippen molar-refractivity contribution >= 4 is 11.9 Å². The largest absolute Gasteiger partial charge is 0.480 e. The van der Waals surface area contributed by atoms with E-state index >= 15 is 0 Å². The molecule has 1 rings (SSSR count). The predicted octanol–water partition coefficient (Wildman–Crippen LogP) is 1.96. The van der Waals surface area contributed by atoms with Crippen molar-refractivity contribution in [3.8, 4) is 0 Å². The van der Waals surface area contributed by atoms with Crippen molar-refractivity contribution in [1.29, 1.82) is 0 Å². The summed E-state index contributed by atoms with van der Waals surface area (Å²) in [6.45, 7) is 5.86. The topological polar surface area (TPSA) is 60.9 Å². The van der Waals surface area contributed by atoms with Gasteiger partial charge in [-0.2, -0.15) is 0 Å². The third kappa shape index (κ3) is 5.49. The summed E-state index contributed by atoms with van der Waals surface area (Å²) in [5, 5.41) is 9.04. The molecular formula is C15H28N2O3. The van der Waals surface area contributed by atoms with E-state index in [4.69, 9.17) is 5.11 Å². The van der Waals surface area contributed by atoms with Crippen molar-refractivity contribution in [2.75, 3.05) is 26.2 Å². The summed E-state index contributed by atoms with van der Waals surface area (Å²) in [7, 11) is 0. The fourth-order valence-electron chi connectivity index (χ4n) is 2.93. The zero-order valence-electron chi connectivity index (χ0n) is 12.8. The maximum absolute atomic E-state index is 12.4. The second-order valence-corrected chi connectivity index (χ2v) is 5.62. The highest BCUT2D eigenvalue weighted by molar-refractivity contribution is 5.79. The van der Waals surface area contributed by atoms with Crippen LogP contribution in [0.3, 0.4) is 0 Å². The van der Waals surface area contributed by atoms with Crippen LogP contribution in [0.1, 0.15) is 52.4 Å². The van der Waals surface area contributed by atoms with Crippen LogP contribution in [-0.2, 0) is 9.59 Å². The number of carboxylic acid groups (broad SMARTS) is 1. The highest BCUT2D eigenvalue weighted by atomic mass is 16.4. The number of aliphatic carboxylic acids is 1. The number of hydrogen-bond donors (Lipinski definition) is 1. The van der Waals surface area contributed by atoms with E-state index in [0.29, 0.717) is 0 Å². The quantitative estimate of drug-likeness (QED) is 0.703. The van der Waals surface area contributed by atoms with Gasteiger partial charge in [0.15, 0.2) is 0 Å². The highest BCUT2D eigenvalue weighted by Gasteiger charge is 2.27. The molecule has 1 aliphatic rings. The summed E-state index contributed by atoms with van der Waals surface area (Å²) >= 11 is 0. The maximum atomic E-state index is 12.4. The molecule has 0 saturated heterocycles. The van der Waals surface area contributed by atoms with Gasteiger partial charge in [-0.05, 0) is 25.7 Å². The van der Waals surface area contributed by atoms with E-state index in [1.807, 2.05) is 9.80 Å². The molecule has 0 aromatic heterocycles. The molecule has 0 aliphatic heterocycles. The Bertz CT molecular complexity index is 308. The van der Waals surface area contributed by atoms with Gasteiger partial charge in [0, 0.05) is 19.1 Å². The molecule has 1 fully saturated rings. The molecule has 0 unspecified atom stereocenters. The molecule has 0 aromatic rings. The second kappa shape index (κ2) is 8.95. The SMILES string of the molecule is CCCN(CCC)C(=O)CN(CC(=O)O)C1CCCC1. The second-order valence-electron chi connectivity index (χ2n) is 5.62. The van der Waals surface area contributed by atoms with E-state index < -0.39 is 5.97 Å². The highest BCUT2D eigenvalue weighted by Crippen LogP contribution is 2.23. The standard InChI is InChI=1S/C15H28N2O3/c1-3-9-16(10-4-2)14(18)11-17(12-15(19)20)13-7-5-6-8-13/h13H,3-12H2,1-2H3,(H,19,20). The number of rotatable bonds is 9. The van der Waals surface area contributed by atoms with Crippen molar-refractivity contribution in [3.63, 3.8) is 0 Å². The molecule has 5 heteroatoms. The Balaban J connectivity index is 2.61. The minimum Gasteiger partial charge on any atom is -0.480 e. The van der Waals surface area contributed by atoms with E-state index in [1.54, 1.807) is 0 Å². The molecular weight excluding hydrogens is 256 g/mol. The molecule has 20 heavy (non-hydrogen) atoms. The minimum absolute atomic E-state index is 0.0253. The zero-order chi connectivity index (χ0) is 15.0. The van der Waals surface area contributed by atoms with Crippen LogP contribution in [0.5, 0.6) is 0 Å². The van der Waals surface area contributed by atoms with Gasteiger partial charge in [-0.25, -0.2) is 0 Å². The summed E-state index contributed by atoms with van der Waals surface area (Å²) < 4.78 is 0. The Morgan fingerprint density at radius 1 is 1.05 bits per heavy atom. The Hall–Kier alpha value is -1.10. The van der Waals surface area contributed by atoms with Crippen molar-refractivity contribution in [1.82, 2.24) is 9.80 Å². The van der Waals surface area contributed by atoms with Gasteiger partial charge in [0.2, 0.25) is 5.91 Å². The van der Waals surface area contributed by atoms with Crippen LogP contribution in [0, 0.1) is 0 Å². The molecule has 116 valence electrons. The lowest BCUT2D eigenvalue weighted by Gasteiger charge is -2.30. The number of carbonyl (C=O) groups is 2.